The molecule has 212 valence electrons. The van der Waals surface area contributed by atoms with E-state index in [4.69, 9.17) is 9.57 Å². The van der Waals surface area contributed by atoms with Crippen LogP contribution in [0.1, 0.15) is 68.2 Å². The van der Waals surface area contributed by atoms with Gasteiger partial charge in [0.05, 0.1) is 30.1 Å². The predicted octanol–water partition coefficient (Wildman–Crippen LogP) is 2.40. The van der Waals surface area contributed by atoms with Crippen molar-refractivity contribution in [1.82, 2.24) is 15.0 Å². The lowest BCUT2D eigenvalue weighted by Gasteiger charge is -2.56. The average molecular weight is 543 g/mol. The van der Waals surface area contributed by atoms with Crippen LogP contribution in [0.25, 0.3) is 0 Å². The lowest BCUT2D eigenvalue weighted by atomic mass is 9.55. The first-order chi connectivity index (χ1) is 19.0. The van der Waals surface area contributed by atoms with Crippen molar-refractivity contribution in [2.24, 2.45) is 22.9 Å². The van der Waals surface area contributed by atoms with Gasteiger partial charge in [0.15, 0.2) is 0 Å². The summed E-state index contributed by atoms with van der Waals surface area (Å²) in [5, 5.41) is 64.6. The maximum atomic E-state index is 12.6. The SMILES string of the molecule is CON=C1C[C@H](n2nncc2CO)[C@@]2(O)Oc3ccc(O)cc3[C@H]3[C@H](CCCCO)[C@@H](CCCCO)C=C1[C@H]32. The molecular weight excluding hydrogens is 504 g/mol. The van der Waals surface area contributed by atoms with Gasteiger partial charge in [0, 0.05) is 31.1 Å². The second-order valence-corrected chi connectivity index (χ2v) is 10.7. The molecule has 1 aromatic carbocycles. The number of allylic oxidation sites excluding steroid dienone is 1. The Bertz CT molecular complexity index is 1210. The summed E-state index contributed by atoms with van der Waals surface area (Å²) in [5.74, 6) is -1.78. The van der Waals surface area contributed by atoms with Gasteiger partial charge in [-0.15, -0.1) is 5.10 Å². The molecule has 1 aromatic heterocycles. The van der Waals surface area contributed by atoms with Crippen LogP contribution in [0.2, 0.25) is 0 Å². The Hall–Kier alpha value is -2.99. The topological polar surface area (TPSA) is 163 Å². The van der Waals surface area contributed by atoms with Gasteiger partial charge in [-0.1, -0.05) is 29.3 Å². The summed E-state index contributed by atoms with van der Waals surface area (Å²) < 4.78 is 7.96. The van der Waals surface area contributed by atoms with Crippen LogP contribution >= 0.6 is 0 Å². The predicted molar refractivity (Wildman–Crippen MR) is 141 cm³/mol. The van der Waals surface area contributed by atoms with Crippen LogP contribution in [0.4, 0.5) is 0 Å². The zero-order valence-corrected chi connectivity index (χ0v) is 22.2. The second-order valence-electron chi connectivity index (χ2n) is 10.7. The number of phenolic OH excluding ortho intramolecular Hbond substituents is 1. The van der Waals surface area contributed by atoms with E-state index < -0.39 is 17.7 Å². The summed E-state index contributed by atoms with van der Waals surface area (Å²) in [7, 11) is 1.49. The van der Waals surface area contributed by atoms with E-state index in [1.165, 1.54) is 18.0 Å². The summed E-state index contributed by atoms with van der Waals surface area (Å²) in [6, 6.07) is 4.20. The zero-order valence-electron chi connectivity index (χ0n) is 22.2. The molecule has 5 N–H and O–H groups in total. The Morgan fingerprint density at radius 1 is 1.13 bits per heavy atom. The highest BCUT2D eigenvalue weighted by Crippen LogP contribution is 2.62. The third-order valence-corrected chi connectivity index (χ3v) is 8.57. The summed E-state index contributed by atoms with van der Waals surface area (Å²) in [6.07, 6.45) is 8.53. The number of aromatic nitrogens is 3. The molecule has 0 radical (unpaired) electrons. The number of aliphatic hydroxyl groups is 4. The number of hydrogen-bond acceptors (Lipinski definition) is 10. The average Bonchev–Trinajstić information content (AvgIpc) is 3.40. The molecule has 0 saturated heterocycles. The van der Waals surface area contributed by atoms with E-state index in [1.807, 2.05) is 0 Å². The molecule has 2 aliphatic carbocycles. The highest BCUT2D eigenvalue weighted by atomic mass is 16.6. The molecule has 11 nitrogen and oxygen atoms in total. The monoisotopic (exact) mass is 542 g/mol. The van der Waals surface area contributed by atoms with Crippen LogP contribution in [-0.4, -0.2) is 72.3 Å². The minimum absolute atomic E-state index is 0.0653. The Labute approximate surface area is 227 Å². The normalized spacial score (nSPS) is 30.3. The van der Waals surface area contributed by atoms with Crippen molar-refractivity contribution < 1.29 is 35.1 Å². The van der Waals surface area contributed by atoms with Crippen molar-refractivity contribution in [3.8, 4) is 11.5 Å². The van der Waals surface area contributed by atoms with Gasteiger partial charge in [0.1, 0.15) is 24.7 Å². The van der Waals surface area contributed by atoms with Crippen molar-refractivity contribution in [3.63, 3.8) is 0 Å². The van der Waals surface area contributed by atoms with E-state index in [0.29, 0.717) is 30.0 Å². The van der Waals surface area contributed by atoms with Crippen LogP contribution in [-0.2, 0) is 11.4 Å². The van der Waals surface area contributed by atoms with Crippen LogP contribution in [0.3, 0.4) is 0 Å². The Morgan fingerprint density at radius 2 is 1.90 bits per heavy atom. The van der Waals surface area contributed by atoms with Gasteiger partial charge in [-0.05, 0) is 61.3 Å². The Kier molecular flexibility index (Phi) is 8.22. The fraction of sp³-hybridized carbons (Fsp3) is 0.607. The molecule has 3 aliphatic rings. The number of aromatic hydroxyl groups is 1. The highest BCUT2D eigenvalue weighted by molar-refractivity contribution is 6.02. The molecule has 39 heavy (non-hydrogen) atoms. The van der Waals surface area contributed by atoms with Gasteiger partial charge >= 0.3 is 0 Å². The first kappa shape index (κ1) is 27.6. The minimum atomic E-state index is -1.75. The second kappa shape index (κ2) is 11.6. The number of unbranched alkanes of at least 4 members (excludes halogenated alkanes) is 2. The third-order valence-electron chi connectivity index (χ3n) is 8.57. The lowest BCUT2D eigenvalue weighted by Crippen LogP contribution is -2.62. The number of ether oxygens (including phenoxy) is 1. The van der Waals surface area contributed by atoms with Gasteiger partial charge in [0.25, 0.3) is 0 Å². The van der Waals surface area contributed by atoms with Gasteiger partial charge in [-0.2, -0.15) is 0 Å². The molecule has 2 heterocycles. The molecule has 2 aromatic rings. The number of fused-ring (bicyclic) bond motifs is 2. The highest BCUT2D eigenvalue weighted by Gasteiger charge is 2.63. The molecule has 0 spiro atoms. The number of aliphatic hydroxyl groups excluding tert-OH is 3. The first-order valence-electron chi connectivity index (χ1n) is 13.7. The van der Waals surface area contributed by atoms with E-state index in [0.717, 1.165) is 36.8 Å². The first-order valence-corrected chi connectivity index (χ1v) is 13.7. The number of oxime groups is 1. The van der Waals surface area contributed by atoms with Gasteiger partial charge < -0.3 is 35.1 Å². The van der Waals surface area contributed by atoms with Crippen LogP contribution in [0, 0.1) is 17.8 Å². The van der Waals surface area contributed by atoms with Crippen molar-refractivity contribution in [1.29, 1.82) is 0 Å². The van der Waals surface area contributed by atoms with E-state index in [9.17, 15) is 25.5 Å². The van der Waals surface area contributed by atoms with Crippen LogP contribution in [0.15, 0.2) is 41.2 Å². The van der Waals surface area contributed by atoms with Crippen LogP contribution < -0.4 is 4.74 Å². The Balaban J connectivity index is 1.71. The summed E-state index contributed by atoms with van der Waals surface area (Å²) in [4.78, 5) is 5.27. The zero-order chi connectivity index (χ0) is 27.6. The van der Waals surface area contributed by atoms with Crippen molar-refractivity contribution in [3.05, 3.63) is 47.3 Å². The number of benzene rings is 1. The molecule has 1 aliphatic heterocycles. The summed E-state index contributed by atoms with van der Waals surface area (Å²) in [5.41, 5.74) is 2.75. The standard InChI is InChI=1S/C28H38N4O7/c1-38-30-23-14-25(32-18(16-35)15-29-31-32)28(37)27-21(23)12-17(6-2-4-10-33)20(7-3-5-11-34)26(27)22-13-19(36)8-9-24(22)39-28/h8-9,12-13,15,17,20,25-27,33-37H,2-7,10-11,14,16H2,1H3/t17-,20+,25-,26+,27+,28+/m0/s1. The number of hydrogen-bond donors (Lipinski definition) is 5. The maximum Gasteiger partial charge on any atom is 0.238 e. The van der Waals surface area contributed by atoms with Crippen molar-refractivity contribution >= 4 is 5.71 Å². The molecule has 0 bridgehead atoms. The lowest BCUT2D eigenvalue weighted by molar-refractivity contribution is -0.225. The van der Waals surface area contributed by atoms with E-state index in [2.05, 4.69) is 21.5 Å². The molecule has 1 saturated carbocycles. The van der Waals surface area contributed by atoms with Crippen molar-refractivity contribution in [2.45, 2.75) is 69.3 Å². The number of nitrogens with zero attached hydrogens (tertiary/aromatic N) is 4. The van der Waals surface area contributed by atoms with E-state index >= 15 is 0 Å². The van der Waals surface area contributed by atoms with E-state index in [-0.39, 0.29) is 49.7 Å². The Morgan fingerprint density at radius 3 is 2.62 bits per heavy atom. The van der Waals surface area contributed by atoms with Crippen LogP contribution in [0.5, 0.6) is 11.5 Å². The summed E-state index contributed by atoms with van der Waals surface area (Å²) in [6.45, 7) is -0.0866. The summed E-state index contributed by atoms with van der Waals surface area (Å²) >= 11 is 0. The fourth-order valence-corrected chi connectivity index (χ4v) is 6.96. The molecule has 1 fully saturated rings. The van der Waals surface area contributed by atoms with Gasteiger partial charge in [-0.25, -0.2) is 4.68 Å². The molecule has 11 heteroatoms. The number of rotatable bonds is 11. The molecular formula is C28H38N4O7. The van der Waals surface area contributed by atoms with E-state index in [1.54, 1.807) is 18.2 Å². The minimum Gasteiger partial charge on any atom is -0.508 e. The van der Waals surface area contributed by atoms with Gasteiger partial charge in [-0.3, -0.25) is 0 Å². The molecule has 5 rings (SSSR count). The molecule has 0 amide bonds. The van der Waals surface area contributed by atoms with Gasteiger partial charge in [0.2, 0.25) is 5.79 Å². The van der Waals surface area contributed by atoms with Crippen molar-refractivity contribution in [2.75, 3.05) is 20.3 Å². The number of phenols is 1. The molecule has 6 atom stereocenters. The smallest absolute Gasteiger partial charge is 0.238 e. The largest absolute Gasteiger partial charge is 0.508 e. The fourth-order valence-electron chi connectivity index (χ4n) is 6.96. The maximum absolute atomic E-state index is 12.6. The quantitative estimate of drug-likeness (QED) is 0.212. The molecule has 0 unspecified atom stereocenters. The third kappa shape index (κ3) is 4.93.